The number of hydrogen-bond donors (Lipinski definition) is 3. The number of piperidine rings is 1. The summed E-state index contributed by atoms with van der Waals surface area (Å²) >= 11 is 0. The Balaban J connectivity index is 1.33. The third kappa shape index (κ3) is 7.47. The number of anilines is 1. The Morgan fingerprint density at radius 2 is 1.68 bits per heavy atom. The molecule has 0 aromatic heterocycles. The minimum absolute atomic E-state index is 0.0235. The second kappa shape index (κ2) is 14.1. The molecule has 0 radical (unpaired) electrons. The van der Waals surface area contributed by atoms with E-state index in [0.717, 1.165) is 31.6 Å². The molecule has 2 heterocycles. The van der Waals surface area contributed by atoms with Gasteiger partial charge >= 0.3 is 12.1 Å². The van der Waals surface area contributed by atoms with Crippen LogP contribution in [0.1, 0.15) is 70.0 Å². The van der Waals surface area contributed by atoms with Crippen LogP contribution in [0.15, 0.2) is 47.7 Å². The van der Waals surface area contributed by atoms with Crippen molar-refractivity contribution in [3.63, 3.8) is 0 Å². The summed E-state index contributed by atoms with van der Waals surface area (Å²) in [6.45, 7) is 8.95. The molecule has 0 spiro atoms. The van der Waals surface area contributed by atoms with Gasteiger partial charge < -0.3 is 20.9 Å². The number of imide groups is 1. The summed E-state index contributed by atoms with van der Waals surface area (Å²) < 4.78 is 41.9. The van der Waals surface area contributed by atoms with Crippen molar-refractivity contribution in [1.29, 1.82) is 0 Å². The van der Waals surface area contributed by atoms with Gasteiger partial charge in [-0.3, -0.25) is 9.59 Å². The van der Waals surface area contributed by atoms with Crippen LogP contribution in [0.4, 0.5) is 28.4 Å². The van der Waals surface area contributed by atoms with Crippen molar-refractivity contribution < 1.29 is 32.3 Å². The van der Waals surface area contributed by atoms with Gasteiger partial charge in [-0.05, 0) is 94.1 Å². The molecule has 2 aromatic carbocycles. The quantitative estimate of drug-likeness (QED) is 0.252. The molecule has 1 fully saturated rings. The molecule has 5 amide bonds. The largest absolute Gasteiger partial charge is 0.337 e. The van der Waals surface area contributed by atoms with E-state index >= 15 is 0 Å². The highest BCUT2D eigenvalue weighted by Crippen LogP contribution is 2.35. The van der Waals surface area contributed by atoms with E-state index in [1.165, 1.54) is 19.4 Å². The van der Waals surface area contributed by atoms with E-state index in [1.54, 1.807) is 0 Å². The van der Waals surface area contributed by atoms with Crippen LogP contribution in [0.2, 0.25) is 0 Å². The standard InChI is InChI=1S/C32H38F3N5O4/c1-18(2)30(42)38-24-8-5-7-22(15-24)21-9-13-39(14-10-21)12-6-11-36-31(43)40-29(23-16-25(33)28(35)26(34)17-23)27(20(4)41)19(3)37-32(40)44/h5,7-8,15-18,21,29H,6,9-14H2,1-4H3,(H,36,43)(H,37,44)(H,38,42). The number of hydrogen-bond acceptors (Lipinski definition) is 5. The van der Waals surface area contributed by atoms with Gasteiger partial charge in [-0.15, -0.1) is 0 Å². The monoisotopic (exact) mass is 613 g/mol. The Morgan fingerprint density at radius 1 is 1.02 bits per heavy atom. The Kier molecular flexibility index (Phi) is 10.5. The fraction of sp³-hybridized carbons (Fsp3) is 0.438. The van der Waals surface area contributed by atoms with E-state index in [4.69, 9.17) is 0 Å². The Hall–Kier alpha value is -4.19. The second-order valence-corrected chi connectivity index (χ2v) is 11.6. The smallest absolute Gasteiger partial charge is 0.330 e. The molecular formula is C32H38F3N5O4. The summed E-state index contributed by atoms with van der Waals surface area (Å²) in [6, 6.07) is 6.13. The number of carbonyl (C=O) groups excluding carboxylic acids is 4. The molecule has 9 nitrogen and oxygen atoms in total. The van der Waals surface area contributed by atoms with Crippen LogP contribution in [-0.2, 0) is 9.59 Å². The van der Waals surface area contributed by atoms with Crippen LogP contribution in [0, 0.1) is 23.4 Å². The van der Waals surface area contributed by atoms with E-state index in [-0.39, 0.29) is 35.2 Å². The Labute approximate surface area is 254 Å². The van der Waals surface area contributed by atoms with Crippen molar-refractivity contribution in [3.8, 4) is 0 Å². The number of halogens is 3. The summed E-state index contributed by atoms with van der Waals surface area (Å²) in [5.74, 6) is -4.97. The highest BCUT2D eigenvalue weighted by Gasteiger charge is 2.41. The van der Waals surface area contributed by atoms with Gasteiger partial charge in [0.2, 0.25) is 5.91 Å². The van der Waals surface area contributed by atoms with E-state index in [2.05, 4.69) is 26.9 Å². The lowest BCUT2D eigenvalue weighted by Gasteiger charge is -2.36. The summed E-state index contributed by atoms with van der Waals surface area (Å²) in [5.41, 5.74) is 1.83. The summed E-state index contributed by atoms with van der Waals surface area (Å²) in [4.78, 5) is 53.6. The molecule has 12 heteroatoms. The fourth-order valence-electron chi connectivity index (χ4n) is 5.68. The highest BCUT2D eigenvalue weighted by molar-refractivity contribution is 6.03. The highest BCUT2D eigenvalue weighted by atomic mass is 19.2. The summed E-state index contributed by atoms with van der Waals surface area (Å²) in [6.07, 6.45) is 2.45. The van der Waals surface area contributed by atoms with Gasteiger partial charge in [0.05, 0.1) is 6.04 Å². The molecule has 0 saturated carbocycles. The third-order valence-electron chi connectivity index (χ3n) is 8.03. The number of allylic oxidation sites excluding steroid dienone is 1. The van der Waals surface area contributed by atoms with Crippen molar-refractivity contribution in [2.24, 2.45) is 5.92 Å². The summed E-state index contributed by atoms with van der Waals surface area (Å²) in [7, 11) is 0. The number of amides is 5. The van der Waals surface area contributed by atoms with Crippen molar-refractivity contribution in [3.05, 3.63) is 76.2 Å². The molecule has 1 unspecified atom stereocenters. The summed E-state index contributed by atoms with van der Waals surface area (Å²) in [5, 5.41) is 8.07. The molecule has 3 N–H and O–H groups in total. The number of benzene rings is 2. The average Bonchev–Trinajstić information content (AvgIpc) is 2.97. The number of urea groups is 2. The number of likely N-dealkylation sites (tertiary alicyclic amines) is 1. The molecule has 0 bridgehead atoms. The first kappa shape index (κ1) is 32.7. The van der Waals surface area contributed by atoms with Crippen LogP contribution in [0.3, 0.4) is 0 Å². The van der Waals surface area contributed by atoms with E-state index in [1.807, 2.05) is 32.0 Å². The number of rotatable bonds is 9. The lowest BCUT2D eigenvalue weighted by Crippen LogP contribution is -2.54. The van der Waals surface area contributed by atoms with Crippen LogP contribution in [0.5, 0.6) is 0 Å². The van der Waals surface area contributed by atoms with Gasteiger partial charge in [-0.25, -0.2) is 27.7 Å². The number of nitrogens with zero attached hydrogens (tertiary/aromatic N) is 2. The van der Waals surface area contributed by atoms with Crippen molar-refractivity contribution in [1.82, 2.24) is 20.4 Å². The number of carbonyl (C=O) groups is 4. The number of ketones is 1. The second-order valence-electron chi connectivity index (χ2n) is 11.6. The van der Waals surface area contributed by atoms with Crippen molar-refractivity contribution >= 4 is 29.4 Å². The Morgan fingerprint density at radius 3 is 2.30 bits per heavy atom. The molecule has 2 aliphatic heterocycles. The predicted octanol–water partition coefficient (Wildman–Crippen LogP) is 5.61. The SMILES string of the molecule is CC(=O)C1=C(C)NC(=O)N(C(=O)NCCCN2CCC(c3cccc(NC(=O)C(C)C)c3)CC2)C1c1cc(F)c(F)c(F)c1. The van der Waals surface area contributed by atoms with Crippen LogP contribution in [-0.4, -0.2) is 59.7 Å². The van der Waals surface area contributed by atoms with Crippen LogP contribution < -0.4 is 16.0 Å². The predicted molar refractivity (Wildman–Crippen MR) is 159 cm³/mol. The fourth-order valence-corrected chi connectivity index (χ4v) is 5.68. The Bertz CT molecular complexity index is 1450. The molecule has 236 valence electrons. The minimum atomic E-state index is -1.69. The lowest BCUT2D eigenvalue weighted by molar-refractivity contribution is -0.119. The van der Waals surface area contributed by atoms with Gasteiger partial charge in [-0.2, -0.15) is 0 Å². The van der Waals surface area contributed by atoms with Gasteiger partial charge in [0, 0.05) is 29.4 Å². The molecule has 1 saturated heterocycles. The van der Waals surface area contributed by atoms with Gasteiger partial charge in [0.1, 0.15) is 0 Å². The minimum Gasteiger partial charge on any atom is -0.337 e. The van der Waals surface area contributed by atoms with E-state index in [0.29, 0.717) is 35.9 Å². The van der Waals surface area contributed by atoms with Crippen molar-refractivity contribution in [2.75, 3.05) is 31.5 Å². The molecule has 2 aliphatic rings. The molecular weight excluding hydrogens is 575 g/mol. The topological polar surface area (TPSA) is 111 Å². The number of nitrogens with one attached hydrogen (secondary N) is 3. The first-order valence-electron chi connectivity index (χ1n) is 14.7. The zero-order chi connectivity index (χ0) is 32.1. The molecule has 2 aromatic rings. The van der Waals surface area contributed by atoms with E-state index < -0.39 is 41.3 Å². The molecule has 44 heavy (non-hydrogen) atoms. The molecule has 1 atom stereocenters. The average molecular weight is 614 g/mol. The zero-order valence-corrected chi connectivity index (χ0v) is 25.3. The molecule has 0 aliphatic carbocycles. The maximum atomic E-state index is 14.1. The first-order chi connectivity index (χ1) is 20.9. The van der Waals surface area contributed by atoms with Crippen LogP contribution >= 0.6 is 0 Å². The van der Waals surface area contributed by atoms with Gasteiger partial charge in [0.15, 0.2) is 23.2 Å². The maximum absolute atomic E-state index is 14.1. The van der Waals surface area contributed by atoms with Gasteiger partial charge in [0.25, 0.3) is 0 Å². The maximum Gasteiger partial charge on any atom is 0.330 e. The normalized spacial score (nSPS) is 18.0. The lowest BCUT2D eigenvalue weighted by atomic mass is 9.89. The third-order valence-corrected chi connectivity index (χ3v) is 8.03. The van der Waals surface area contributed by atoms with Crippen molar-refractivity contribution in [2.45, 2.75) is 58.9 Å². The van der Waals surface area contributed by atoms with Gasteiger partial charge in [-0.1, -0.05) is 26.0 Å². The molecule has 4 rings (SSSR count). The number of Topliss-reactive ketones (excluding diaryl/α,β-unsaturated/α-hetero) is 1. The first-order valence-corrected chi connectivity index (χ1v) is 14.7. The zero-order valence-electron chi connectivity index (χ0n) is 25.3. The van der Waals surface area contributed by atoms with Crippen LogP contribution in [0.25, 0.3) is 0 Å². The van der Waals surface area contributed by atoms with E-state index in [9.17, 15) is 32.3 Å².